The second-order valence-electron chi connectivity index (χ2n) is 6.89. The second kappa shape index (κ2) is 7.93. The summed E-state index contributed by atoms with van der Waals surface area (Å²) >= 11 is 6.87. The smallest absolute Gasteiger partial charge is 0.298 e. The van der Waals surface area contributed by atoms with Crippen LogP contribution in [0, 0.1) is 13.8 Å². The molecule has 0 bridgehead atoms. The summed E-state index contributed by atoms with van der Waals surface area (Å²) in [5.74, 6) is -0.310. The van der Waals surface area contributed by atoms with E-state index in [1.54, 1.807) is 24.3 Å². The predicted octanol–water partition coefficient (Wildman–Crippen LogP) is 6.05. The Kier molecular flexibility index (Phi) is 5.35. The van der Waals surface area contributed by atoms with Gasteiger partial charge in [-0.05, 0) is 73.1 Å². The molecule has 1 saturated heterocycles. The molecule has 0 atom stereocenters. The quantitative estimate of drug-likeness (QED) is 0.481. The van der Waals surface area contributed by atoms with Crippen molar-refractivity contribution in [2.24, 2.45) is 0 Å². The average Bonchev–Trinajstić information content (AvgIpc) is 3.13. The number of anilines is 1. The van der Waals surface area contributed by atoms with Gasteiger partial charge in [0.2, 0.25) is 0 Å². The third kappa shape index (κ3) is 3.88. The molecule has 1 aliphatic rings. The van der Waals surface area contributed by atoms with Gasteiger partial charge in [0.15, 0.2) is 0 Å². The monoisotopic (exact) mass is 422 g/mol. The molecule has 1 fully saturated rings. The van der Waals surface area contributed by atoms with Crippen molar-refractivity contribution < 1.29 is 9.59 Å². The highest BCUT2D eigenvalue weighted by Crippen LogP contribution is 2.36. The van der Waals surface area contributed by atoms with Gasteiger partial charge in [0.25, 0.3) is 11.1 Å². The number of carbonyl (C=O) groups excluding carboxylic acids is 2. The van der Waals surface area contributed by atoms with Gasteiger partial charge in [-0.25, -0.2) is 4.90 Å². The largest absolute Gasteiger partial charge is 0.344 e. The highest BCUT2D eigenvalue weighted by molar-refractivity contribution is 8.19. The van der Waals surface area contributed by atoms with Crippen LogP contribution in [-0.4, -0.2) is 15.7 Å². The minimum absolute atomic E-state index is 0.304. The zero-order valence-electron chi connectivity index (χ0n) is 16.1. The topological polar surface area (TPSA) is 42.3 Å². The zero-order valence-corrected chi connectivity index (χ0v) is 17.6. The van der Waals surface area contributed by atoms with Gasteiger partial charge in [-0.3, -0.25) is 9.59 Å². The predicted molar refractivity (Wildman–Crippen MR) is 119 cm³/mol. The molecule has 2 heterocycles. The molecule has 0 unspecified atom stereocenters. The minimum Gasteiger partial charge on any atom is -0.344 e. The Bertz CT molecular complexity index is 1120. The molecule has 0 aliphatic carbocycles. The van der Waals surface area contributed by atoms with Gasteiger partial charge in [0.1, 0.15) is 0 Å². The lowest BCUT2D eigenvalue weighted by Crippen LogP contribution is -2.27. The Morgan fingerprint density at radius 3 is 2.38 bits per heavy atom. The molecule has 4 nitrogen and oxygen atoms in total. The van der Waals surface area contributed by atoms with Gasteiger partial charge in [0, 0.05) is 23.0 Å². The number of benzene rings is 2. The number of aromatic nitrogens is 1. The first-order chi connectivity index (χ1) is 13.9. The molecule has 6 heteroatoms. The number of rotatable bonds is 4. The molecule has 2 aromatic carbocycles. The van der Waals surface area contributed by atoms with Crippen LogP contribution >= 0.6 is 23.4 Å². The molecular weight excluding hydrogens is 404 g/mol. The van der Waals surface area contributed by atoms with Crippen LogP contribution in [0.25, 0.3) is 6.08 Å². The van der Waals surface area contributed by atoms with E-state index in [0.29, 0.717) is 15.6 Å². The Labute approximate surface area is 178 Å². The molecule has 0 saturated carbocycles. The lowest BCUT2D eigenvalue weighted by atomic mass is 10.2. The van der Waals surface area contributed by atoms with Gasteiger partial charge in [-0.2, -0.15) is 0 Å². The van der Waals surface area contributed by atoms with Gasteiger partial charge in [0.05, 0.1) is 10.6 Å². The van der Waals surface area contributed by atoms with E-state index < -0.39 is 0 Å². The number of nitrogens with zero attached hydrogens (tertiary/aromatic N) is 2. The normalized spacial score (nSPS) is 15.6. The van der Waals surface area contributed by atoms with Crippen LogP contribution in [0.15, 0.2) is 65.6 Å². The van der Waals surface area contributed by atoms with E-state index in [-0.39, 0.29) is 11.1 Å². The molecule has 2 amide bonds. The average molecular weight is 423 g/mol. The number of thioether (sulfide) groups is 1. The summed E-state index contributed by atoms with van der Waals surface area (Å²) in [6.45, 7) is 4.84. The number of carbonyl (C=O) groups is 2. The molecule has 3 aromatic rings. The van der Waals surface area contributed by atoms with E-state index in [4.69, 9.17) is 11.6 Å². The standard InChI is InChI=1S/C23H19ClN2O2S/c1-15-12-18(16(2)25(15)14-17-6-4-3-5-7-17)13-21-22(27)26(23(28)29-21)20-10-8-19(24)9-11-20/h3-13H,14H2,1-2H3/b21-13+. The van der Waals surface area contributed by atoms with Crippen molar-refractivity contribution in [1.82, 2.24) is 4.57 Å². The van der Waals surface area contributed by atoms with Crippen molar-refractivity contribution in [2.75, 3.05) is 4.90 Å². The van der Waals surface area contributed by atoms with Crippen LogP contribution in [-0.2, 0) is 11.3 Å². The van der Waals surface area contributed by atoms with Crippen molar-refractivity contribution >= 4 is 46.3 Å². The van der Waals surface area contributed by atoms with Crippen molar-refractivity contribution in [2.45, 2.75) is 20.4 Å². The second-order valence-corrected chi connectivity index (χ2v) is 8.32. The summed E-state index contributed by atoms with van der Waals surface area (Å²) in [5.41, 5.74) is 4.85. The maximum atomic E-state index is 12.9. The fraction of sp³-hybridized carbons (Fsp3) is 0.130. The first kappa shape index (κ1) is 19.6. The van der Waals surface area contributed by atoms with E-state index in [1.807, 2.05) is 38.1 Å². The first-order valence-electron chi connectivity index (χ1n) is 9.18. The van der Waals surface area contributed by atoms with Crippen molar-refractivity contribution in [3.05, 3.63) is 93.1 Å². The van der Waals surface area contributed by atoms with Crippen LogP contribution in [0.2, 0.25) is 5.02 Å². The van der Waals surface area contributed by atoms with E-state index in [0.717, 1.165) is 35.3 Å². The summed E-state index contributed by atoms with van der Waals surface area (Å²) in [6.07, 6.45) is 1.81. The van der Waals surface area contributed by atoms with Crippen LogP contribution in [0.5, 0.6) is 0 Å². The molecule has 29 heavy (non-hydrogen) atoms. The Morgan fingerprint density at radius 2 is 1.69 bits per heavy atom. The Balaban J connectivity index is 1.63. The Morgan fingerprint density at radius 1 is 1.00 bits per heavy atom. The molecule has 0 radical (unpaired) electrons. The molecular formula is C23H19ClN2O2S. The number of imide groups is 1. The maximum Gasteiger partial charge on any atom is 0.298 e. The van der Waals surface area contributed by atoms with Crippen LogP contribution < -0.4 is 4.90 Å². The maximum absolute atomic E-state index is 12.9. The molecule has 146 valence electrons. The third-order valence-corrected chi connectivity index (χ3v) is 6.08. The van der Waals surface area contributed by atoms with Crippen molar-refractivity contribution in [3.8, 4) is 0 Å². The van der Waals surface area contributed by atoms with Crippen molar-refractivity contribution in [1.29, 1.82) is 0 Å². The third-order valence-electron chi connectivity index (χ3n) is 4.96. The van der Waals surface area contributed by atoms with E-state index in [2.05, 4.69) is 22.8 Å². The van der Waals surface area contributed by atoms with Gasteiger partial charge in [-0.15, -0.1) is 0 Å². The molecule has 4 rings (SSSR count). The van der Waals surface area contributed by atoms with Crippen molar-refractivity contribution in [3.63, 3.8) is 0 Å². The number of aryl methyl sites for hydroxylation is 1. The fourth-order valence-corrected chi connectivity index (χ4v) is 4.36. The van der Waals surface area contributed by atoms with Crippen LogP contribution in [0.4, 0.5) is 10.5 Å². The SMILES string of the molecule is Cc1cc(/C=C2/SC(=O)N(c3ccc(Cl)cc3)C2=O)c(C)n1Cc1ccccc1. The summed E-state index contributed by atoms with van der Waals surface area (Å²) in [7, 11) is 0. The number of amides is 2. The van der Waals surface area contributed by atoms with Gasteiger partial charge in [-0.1, -0.05) is 41.9 Å². The Hall–Kier alpha value is -2.76. The molecule has 1 aromatic heterocycles. The summed E-state index contributed by atoms with van der Waals surface area (Å²) in [6, 6.07) is 19.0. The fourth-order valence-electron chi connectivity index (χ4n) is 3.40. The summed E-state index contributed by atoms with van der Waals surface area (Å²) in [4.78, 5) is 26.9. The van der Waals surface area contributed by atoms with Crippen LogP contribution in [0.3, 0.4) is 0 Å². The summed E-state index contributed by atoms with van der Waals surface area (Å²) < 4.78 is 2.21. The number of halogens is 1. The lowest BCUT2D eigenvalue weighted by molar-refractivity contribution is -0.113. The van der Waals surface area contributed by atoms with Gasteiger partial charge < -0.3 is 4.57 Å². The highest BCUT2D eigenvalue weighted by Gasteiger charge is 2.36. The first-order valence-corrected chi connectivity index (χ1v) is 10.4. The number of hydrogen-bond acceptors (Lipinski definition) is 3. The molecule has 0 N–H and O–H groups in total. The molecule has 1 aliphatic heterocycles. The molecule has 0 spiro atoms. The van der Waals surface area contributed by atoms with E-state index >= 15 is 0 Å². The zero-order chi connectivity index (χ0) is 20.5. The van der Waals surface area contributed by atoms with E-state index in [1.165, 1.54) is 10.5 Å². The number of hydrogen-bond donors (Lipinski definition) is 0. The minimum atomic E-state index is -0.310. The van der Waals surface area contributed by atoms with E-state index in [9.17, 15) is 9.59 Å². The van der Waals surface area contributed by atoms with Gasteiger partial charge >= 0.3 is 0 Å². The van der Waals surface area contributed by atoms with Crippen LogP contribution in [0.1, 0.15) is 22.5 Å². The lowest BCUT2D eigenvalue weighted by Gasteiger charge is -2.12. The summed E-state index contributed by atoms with van der Waals surface area (Å²) in [5, 5.41) is 0.254. The highest BCUT2D eigenvalue weighted by atomic mass is 35.5.